The van der Waals surface area contributed by atoms with E-state index in [2.05, 4.69) is 0 Å². The van der Waals surface area contributed by atoms with E-state index in [1.165, 1.54) is 12.8 Å². The Morgan fingerprint density at radius 2 is 2.06 bits per heavy atom. The van der Waals surface area contributed by atoms with E-state index < -0.39 is 0 Å². The summed E-state index contributed by atoms with van der Waals surface area (Å²) in [5, 5.41) is 0. The van der Waals surface area contributed by atoms with Gasteiger partial charge in [-0.3, -0.25) is 4.79 Å². The summed E-state index contributed by atoms with van der Waals surface area (Å²) in [6.45, 7) is 2.53. The summed E-state index contributed by atoms with van der Waals surface area (Å²) in [5.74, 6) is 1.39. The fourth-order valence-corrected chi connectivity index (χ4v) is 3.67. The first-order valence-corrected chi connectivity index (χ1v) is 6.91. The molecule has 2 saturated heterocycles. The van der Waals surface area contributed by atoms with Crippen molar-refractivity contribution in [1.82, 2.24) is 4.90 Å². The van der Waals surface area contributed by atoms with Crippen LogP contribution in [0, 0.1) is 11.8 Å². The molecule has 0 bridgehead atoms. The molecule has 0 radical (unpaired) electrons. The van der Waals surface area contributed by atoms with Gasteiger partial charge < -0.3 is 15.4 Å². The maximum atomic E-state index is 12.3. The van der Waals surface area contributed by atoms with Crippen molar-refractivity contribution >= 4 is 5.91 Å². The molecule has 1 saturated carbocycles. The Kier molecular flexibility index (Phi) is 3.09. The Morgan fingerprint density at radius 3 is 2.76 bits per heavy atom. The summed E-state index contributed by atoms with van der Waals surface area (Å²) in [6.07, 6.45) is 5.36. The van der Waals surface area contributed by atoms with Crippen LogP contribution in [-0.4, -0.2) is 42.6 Å². The molecule has 4 heteroatoms. The first-order valence-electron chi connectivity index (χ1n) is 6.91. The Hall–Kier alpha value is -0.610. The molecule has 1 aliphatic carbocycles. The lowest BCUT2D eigenvalue weighted by Crippen LogP contribution is -2.40. The molecular weight excluding hydrogens is 216 g/mol. The highest BCUT2D eigenvalue weighted by Gasteiger charge is 2.42. The molecule has 0 spiro atoms. The molecule has 0 aromatic heterocycles. The lowest BCUT2D eigenvalue weighted by molar-refractivity contribution is -0.140. The van der Waals surface area contributed by atoms with Crippen molar-refractivity contribution < 1.29 is 9.53 Å². The third kappa shape index (κ3) is 2.08. The smallest absolute Gasteiger partial charge is 0.251 e. The number of carbonyl (C=O) groups excluding carboxylic acids is 1. The SMILES string of the molecule is NC1CCCC2CN(C(=O)[C@H]3CCCO3)CC12. The highest BCUT2D eigenvalue weighted by atomic mass is 16.5. The average molecular weight is 238 g/mol. The van der Waals surface area contributed by atoms with Gasteiger partial charge in [-0.1, -0.05) is 6.42 Å². The number of rotatable bonds is 1. The second-order valence-electron chi connectivity index (χ2n) is 5.76. The number of hydrogen-bond acceptors (Lipinski definition) is 3. The van der Waals surface area contributed by atoms with Crippen LogP contribution in [0.4, 0.5) is 0 Å². The standard InChI is InChI=1S/C13H22N2O2/c14-11-4-1-3-9-7-15(8-10(9)11)13(16)12-5-2-6-17-12/h9-12H,1-8,14H2/t9?,10?,11?,12-/m1/s1. The van der Waals surface area contributed by atoms with Gasteiger partial charge in [0.15, 0.2) is 0 Å². The molecule has 96 valence electrons. The first kappa shape index (κ1) is 11.5. The molecule has 3 unspecified atom stereocenters. The third-order valence-corrected chi connectivity index (χ3v) is 4.67. The van der Waals surface area contributed by atoms with Gasteiger partial charge in [-0.25, -0.2) is 0 Å². The summed E-state index contributed by atoms with van der Waals surface area (Å²) < 4.78 is 5.48. The van der Waals surface area contributed by atoms with Gasteiger partial charge in [-0.15, -0.1) is 0 Å². The largest absolute Gasteiger partial charge is 0.368 e. The zero-order valence-electron chi connectivity index (χ0n) is 10.3. The summed E-state index contributed by atoms with van der Waals surface area (Å²) in [6, 6.07) is 0.302. The van der Waals surface area contributed by atoms with E-state index >= 15 is 0 Å². The minimum Gasteiger partial charge on any atom is -0.368 e. The van der Waals surface area contributed by atoms with E-state index in [4.69, 9.17) is 10.5 Å². The van der Waals surface area contributed by atoms with Crippen LogP contribution in [-0.2, 0) is 9.53 Å². The van der Waals surface area contributed by atoms with Crippen LogP contribution in [0.3, 0.4) is 0 Å². The molecule has 2 N–H and O–H groups in total. The number of hydrogen-bond donors (Lipinski definition) is 1. The number of nitrogens with two attached hydrogens (primary N) is 1. The molecule has 3 aliphatic rings. The van der Waals surface area contributed by atoms with Gasteiger partial charge in [-0.05, 0) is 37.5 Å². The number of ether oxygens (including phenoxy) is 1. The van der Waals surface area contributed by atoms with Crippen LogP contribution in [0.15, 0.2) is 0 Å². The molecule has 1 amide bonds. The Labute approximate surface area is 102 Å². The predicted molar refractivity (Wildman–Crippen MR) is 64.4 cm³/mol. The van der Waals surface area contributed by atoms with E-state index in [1.807, 2.05) is 4.90 Å². The van der Waals surface area contributed by atoms with E-state index in [-0.39, 0.29) is 12.0 Å². The van der Waals surface area contributed by atoms with Crippen LogP contribution >= 0.6 is 0 Å². The Bertz CT molecular complexity index is 302. The summed E-state index contributed by atoms with van der Waals surface area (Å²) in [5.41, 5.74) is 6.17. The van der Waals surface area contributed by atoms with E-state index in [0.717, 1.165) is 39.0 Å². The topological polar surface area (TPSA) is 55.6 Å². The van der Waals surface area contributed by atoms with Gasteiger partial charge in [-0.2, -0.15) is 0 Å². The van der Waals surface area contributed by atoms with Crippen molar-refractivity contribution in [3.05, 3.63) is 0 Å². The second kappa shape index (κ2) is 4.58. The van der Waals surface area contributed by atoms with Crippen molar-refractivity contribution in [3.63, 3.8) is 0 Å². The summed E-state index contributed by atoms with van der Waals surface area (Å²) in [4.78, 5) is 14.3. The number of amides is 1. The van der Waals surface area contributed by atoms with Crippen molar-refractivity contribution in [1.29, 1.82) is 0 Å². The van der Waals surface area contributed by atoms with Crippen LogP contribution in [0.1, 0.15) is 32.1 Å². The lowest BCUT2D eigenvalue weighted by atomic mass is 9.78. The quantitative estimate of drug-likeness (QED) is 0.733. The minimum atomic E-state index is -0.161. The molecular formula is C13H22N2O2. The third-order valence-electron chi connectivity index (χ3n) is 4.67. The molecule has 3 fully saturated rings. The minimum absolute atomic E-state index is 0.161. The fraction of sp³-hybridized carbons (Fsp3) is 0.923. The highest BCUT2D eigenvalue weighted by Crippen LogP contribution is 2.36. The van der Waals surface area contributed by atoms with Crippen molar-refractivity contribution in [2.45, 2.75) is 44.2 Å². The molecule has 3 rings (SSSR count). The van der Waals surface area contributed by atoms with Gasteiger partial charge in [0.05, 0.1) is 0 Å². The molecule has 2 aliphatic heterocycles. The zero-order chi connectivity index (χ0) is 11.8. The first-order chi connectivity index (χ1) is 8.25. The van der Waals surface area contributed by atoms with E-state index in [0.29, 0.717) is 17.9 Å². The number of likely N-dealkylation sites (tertiary alicyclic amines) is 1. The Morgan fingerprint density at radius 1 is 1.18 bits per heavy atom. The summed E-state index contributed by atoms with van der Waals surface area (Å²) >= 11 is 0. The number of nitrogens with zero attached hydrogens (tertiary/aromatic N) is 1. The molecule has 0 aromatic rings. The van der Waals surface area contributed by atoms with Crippen LogP contribution in [0.5, 0.6) is 0 Å². The van der Waals surface area contributed by atoms with Gasteiger partial charge in [0.25, 0.3) is 5.91 Å². The van der Waals surface area contributed by atoms with Crippen molar-refractivity contribution in [3.8, 4) is 0 Å². The van der Waals surface area contributed by atoms with Crippen LogP contribution < -0.4 is 5.73 Å². The van der Waals surface area contributed by atoms with E-state index in [1.54, 1.807) is 0 Å². The molecule has 4 atom stereocenters. The normalized spacial score (nSPS) is 41.6. The number of fused-ring (bicyclic) bond motifs is 1. The van der Waals surface area contributed by atoms with Crippen LogP contribution in [0.25, 0.3) is 0 Å². The molecule has 2 heterocycles. The monoisotopic (exact) mass is 238 g/mol. The maximum Gasteiger partial charge on any atom is 0.251 e. The van der Waals surface area contributed by atoms with Crippen molar-refractivity contribution in [2.24, 2.45) is 17.6 Å². The number of carbonyl (C=O) groups is 1. The zero-order valence-corrected chi connectivity index (χ0v) is 10.3. The Balaban J connectivity index is 1.64. The summed E-state index contributed by atoms with van der Waals surface area (Å²) in [7, 11) is 0. The predicted octanol–water partition coefficient (Wildman–Crippen LogP) is 0.751. The lowest BCUT2D eigenvalue weighted by Gasteiger charge is -2.29. The molecule has 0 aromatic carbocycles. The van der Waals surface area contributed by atoms with Gasteiger partial charge in [0.2, 0.25) is 0 Å². The maximum absolute atomic E-state index is 12.3. The second-order valence-corrected chi connectivity index (χ2v) is 5.76. The molecule has 17 heavy (non-hydrogen) atoms. The van der Waals surface area contributed by atoms with Crippen LogP contribution in [0.2, 0.25) is 0 Å². The van der Waals surface area contributed by atoms with Gasteiger partial charge in [0, 0.05) is 25.7 Å². The van der Waals surface area contributed by atoms with Crippen molar-refractivity contribution in [2.75, 3.05) is 19.7 Å². The average Bonchev–Trinajstić information content (AvgIpc) is 2.98. The highest BCUT2D eigenvalue weighted by molar-refractivity contribution is 5.81. The molecule has 4 nitrogen and oxygen atoms in total. The fourth-order valence-electron chi connectivity index (χ4n) is 3.67. The van der Waals surface area contributed by atoms with E-state index in [9.17, 15) is 4.79 Å². The van der Waals surface area contributed by atoms with Gasteiger partial charge in [0.1, 0.15) is 6.10 Å². The van der Waals surface area contributed by atoms with Gasteiger partial charge >= 0.3 is 0 Å².